The van der Waals surface area contributed by atoms with Gasteiger partial charge in [-0.05, 0) is 45.2 Å². The first kappa shape index (κ1) is 21.6. The molecule has 0 aliphatic carbocycles. The van der Waals surface area contributed by atoms with Crippen LogP contribution in [0.1, 0.15) is 45.1 Å². The molecule has 1 N–H and O–H groups in total. The molecule has 1 amide bonds. The summed E-state index contributed by atoms with van der Waals surface area (Å²) in [6.07, 6.45) is -4.06. The molecule has 8 heteroatoms. The van der Waals surface area contributed by atoms with Crippen molar-refractivity contribution in [3.63, 3.8) is 0 Å². The minimum Gasteiger partial charge on any atom is -0.444 e. The van der Waals surface area contributed by atoms with Crippen LogP contribution in [-0.2, 0) is 4.74 Å². The van der Waals surface area contributed by atoms with Gasteiger partial charge in [0.15, 0.2) is 0 Å². The van der Waals surface area contributed by atoms with Gasteiger partial charge in [0.25, 0.3) is 0 Å². The smallest absolute Gasteiger partial charge is 0.444 e. The van der Waals surface area contributed by atoms with E-state index in [9.17, 15) is 18.0 Å². The van der Waals surface area contributed by atoms with Crippen molar-refractivity contribution < 1.29 is 27.4 Å². The van der Waals surface area contributed by atoms with Gasteiger partial charge in [0.1, 0.15) is 11.4 Å². The second-order valence-electron chi connectivity index (χ2n) is 6.50. The lowest BCUT2D eigenvalue weighted by atomic mass is 9.93. The Morgan fingerprint density at radius 3 is 2.44 bits per heavy atom. The number of carbonyl (C=O) groups is 1. The Balaban J connectivity index is 2.90. The van der Waals surface area contributed by atoms with Gasteiger partial charge in [-0.25, -0.2) is 4.79 Å². The average Bonchev–Trinajstić information content (AvgIpc) is 2.45. The first-order chi connectivity index (χ1) is 11.5. The number of halogens is 4. The van der Waals surface area contributed by atoms with Crippen LogP contribution >= 0.6 is 15.9 Å². The molecule has 1 rings (SSSR count). The third-order valence-electron chi connectivity index (χ3n) is 3.16. The van der Waals surface area contributed by atoms with Gasteiger partial charge in [0.05, 0.1) is 0 Å². The SMILES string of the molecule is CC(C)(C)OC(=O)NCC(CCCBr)c1ccccc1OC(F)(F)F. The number of nitrogens with one attached hydrogen (secondary N) is 1. The monoisotopic (exact) mass is 425 g/mol. The highest BCUT2D eigenvalue weighted by Crippen LogP contribution is 2.33. The fourth-order valence-corrected chi connectivity index (χ4v) is 2.57. The Morgan fingerprint density at radius 2 is 1.88 bits per heavy atom. The third-order valence-corrected chi connectivity index (χ3v) is 3.72. The van der Waals surface area contributed by atoms with Crippen molar-refractivity contribution in [2.75, 3.05) is 11.9 Å². The Bertz CT molecular complexity index is 559. The maximum absolute atomic E-state index is 12.6. The number of rotatable bonds is 7. The van der Waals surface area contributed by atoms with Gasteiger partial charge in [-0.3, -0.25) is 0 Å². The van der Waals surface area contributed by atoms with E-state index >= 15 is 0 Å². The Kier molecular flexibility index (Phi) is 8.05. The van der Waals surface area contributed by atoms with E-state index in [0.29, 0.717) is 17.3 Å². The lowest BCUT2D eigenvalue weighted by molar-refractivity contribution is -0.275. The molecule has 0 saturated carbocycles. The molecule has 4 nitrogen and oxygen atoms in total. The second kappa shape index (κ2) is 9.31. The van der Waals surface area contributed by atoms with Crippen LogP contribution in [0.4, 0.5) is 18.0 Å². The van der Waals surface area contributed by atoms with E-state index in [1.807, 2.05) is 0 Å². The van der Waals surface area contributed by atoms with Gasteiger partial charge >= 0.3 is 12.5 Å². The number of carbonyl (C=O) groups excluding carboxylic acids is 1. The van der Waals surface area contributed by atoms with E-state index in [4.69, 9.17) is 4.74 Å². The van der Waals surface area contributed by atoms with Crippen LogP contribution in [0.25, 0.3) is 0 Å². The summed E-state index contributed by atoms with van der Waals surface area (Å²) in [5, 5.41) is 3.33. The van der Waals surface area contributed by atoms with Crippen molar-refractivity contribution in [2.24, 2.45) is 0 Å². The number of benzene rings is 1. The molecule has 0 aliphatic rings. The molecule has 25 heavy (non-hydrogen) atoms. The maximum Gasteiger partial charge on any atom is 0.573 e. The number of alkyl halides is 4. The molecule has 0 saturated heterocycles. The van der Waals surface area contributed by atoms with Crippen LogP contribution in [0.15, 0.2) is 24.3 Å². The molecule has 0 aromatic heterocycles. The zero-order chi connectivity index (χ0) is 19.1. The first-order valence-electron chi connectivity index (χ1n) is 7.89. The summed E-state index contributed by atoms with van der Waals surface area (Å²) >= 11 is 3.31. The molecular formula is C17H23BrF3NO3. The second-order valence-corrected chi connectivity index (χ2v) is 7.29. The van der Waals surface area contributed by atoms with Gasteiger partial charge < -0.3 is 14.8 Å². The zero-order valence-corrected chi connectivity index (χ0v) is 16.0. The molecule has 0 heterocycles. The Morgan fingerprint density at radius 1 is 1.24 bits per heavy atom. The minimum atomic E-state index is -4.77. The first-order valence-corrected chi connectivity index (χ1v) is 9.01. The molecule has 1 aromatic carbocycles. The molecule has 1 atom stereocenters. The minimum absolute atomic E-state index is 0.153. The van der Waals surface area contributed by atoms with Crippen molar-refractivity contribution in [1.29, 1.82) is 0 Å². The van der Waals surface area contributed by atoms with E-state index < -0.39 is 18.1 Å². The molecular weight excluding hydrogens is 403 g/mol. The van der Waals surface area contributed by atoms with E-state index in [1.165, 1.54) is 12.1 Å². The molecule has 0 fully saturated rings. The predicted molar refractivity (Wildman–Crippen MR) is 93.1 cm³/mol. The van der Waals surface area contributed by atoms with E-state index in [-0.39, 0.29) is 18.2 Å². The standard InChI is InChI=1S/C17H23BrF3NO3/c1-16(2,3)25-15(23)22-11-12(7-6-10-18)13-8-4-5-9-14(13)24-17(19,20)21/h4-5,8-9,12H,6-7,10-11H2,1-3H3,(H,22,23). The van der Waals surface area contributed by atoms with Crippen molar-refractivity contribution >= 4 is 22.0 Å². The van der Waals surface area contributed by atoms with Crippen molar-refractivity contribution in [3.8, 4) is 5.75 Å². The van der Waals surface area contributed by atoms with Crippen molar-refractivity contribution in [2.45, 2.75) is 51.5 Å². The third kappa shape index (κ3) is 9.00. The molecule has 0 radical (unpaired) electrons. The van der Waals surface area contributed by atoms with Crippen LogP contribution in [0, 0.1) is 0 Å². The van der Waals surface area contributed by atoms with Gasteiger partial charge in [-0.1, -0.05) is 34.1 Å². The predicted octanol–water partition coefficient (Wildman–Crippen LogP) is 5.37. The summed E-state index contributed by atoms with van der Waals surface area (Å²) in [7, 11) is 0. The molecule has 1 aromatic rings. The Labute approximate surface area is 154 Å². The van der Waals surface area contributed by atoms with Crippen LogP contribution in [0.3, 0.4) is 0 Å². The van der Waals surface area contributed by atoms with E-state index in [2.05, 4.69) is 26.0 Å². The average molecular weight is 426 g/mol. The summed E-state index contributed by atoms with van der Waals surface area (Å²) in [5.41, 5.74) is -0.246. The number of alkyl carbamates (subject to hydrolysis) is 1. The van der Waals surface area contributed by atoms with Gasteiger partial charge in [-0.2, -0.15) is 0 Å². The van der Waals surface area contributed by atoms with Crippen molar-refractivity contribution in [3.05, 3.63) is 29.8 Å². The van der Waals surface area contributed by atoms with Gasteiger partial charge in [0.2, 0.25) is 0 Å². The van der Waals surface area contributed by atoms with E-state index in [0.717, 1.165) is 6.42 Å². The lowest BCUT2D eigenvalue weighted by Crippen LogP contribution is -2.35. The van der Waals surface area contributed by atoms with Gasteiger partial charge in [-0.15, -0.1) is 13.2 Å². The highest BCUT2D eigenvalue weighted by molar-refractivity contribution is 9.09. The highest BCUT2D eigenvalue weighted by Gasteiger charge is 2.33. The van der Waals surface area contributed by atoms with Crippen LogP contribution in [0.5, 0.6) is 5.75 Å². The molecule has 0 aliphatic heterocycles. The fraction of sp³-hybridized carbons (Fsp3) is 0.588. The largest absolute Gasteiger partial charge is 0.573 e. The topological polar surface area (TPSA) is 47.6 Å². The normalized spacial score (nSPS) is 13.2. The summed E-state index contributed by atoms with van der Waals surface area (Å²) in [5.74, 6) is -0.579. The van der Waals surface area contributed by atoms with Crippen LogP contribution in [0.2, 0.25) is 0 Å². The van der Waals surface area contributed by atoms with E-state index in [1.54, 1.807) is 32.9 Å². The molecule has 1 unspecified atom stereocenters. The van der Waals surface area contributed by atoms with Gasteiger partial charge in [0, 0.05) is 17.8 Å². The molecule has 0 spiro atoms. The lowest BCUT2D eigenvalue weighted by Gasteiger charge is -2.23. The number of para-hydroxylation sites is 1. The number of hydrogen-bond donors (Lipinski definition) is 1. The highest BCUT2D eigenvalue weighted by atomic mass is 79.9. The van der Waals surface area contributed by atoms with Crippen LogP contribution < -0.4 is 10.1 Å². The van der Waals surface area contributed by atoms with Crippen molar-refractivity contribution in [1.82, 2.24) is 5.32 Å². The quantitative estimate of drug-likeness (QED) is 0.597. The summed E-state index contributed by atoms with van der Waals surface area (Å²) in [6, 6.07) is 5.98. The number of amides is 1. The number of hydrogen-bond acceptors (Lipinski definition) is 3. The molecule has 0 bridgehead atoms. The summed E-state index contributed by atoms with van der Waals surface area (Å²) in [4.78, 5) is 11.8. The summed E-state index contributed by atoms with van der Waals surface area (Å²) < 4.78 is 47.1. The fourth-order valence-electron chi connectivity index (χ4n) is 2.25. The van der Waals surface area contributed by atoms with Crippen LogP contribution in [-0.4, -0.2) is 29.9 Å². The Hall–Kier alpha value is -1.44. The summed E-state index contributed by atoms with van der Waals surface area (Å²) in [6.45, 7) is 5.37. The zero-order valence-electron chi connectivity index (χ0n) is 14.5. The molecule has 142 valence electrons. The maximum atomic E-state index is 12.6. The number of ether oxygens (including phenoxy) is 2.